The van der Waals surface area contributed by atoms with Crippen LogP contribution in [0, 0.1) is 5.82 Å². The van der Waals surface area contributed by atoms with Crippen LogP contribution >= 0.6 is 0 Å². The predicted octanol–water partition coefficient (Wildman–Crippen LogP) is 2.44. The van der Waals surface area contributed by atoms with Crippen molar-refractivity contribution in [1.29, 1.82) is 0 Å². The number of rotatable bonds is 4. The summed E-state index contributed by atoms with van der Waals surface area (Å²) >= 11 is 0. The lowest BCUT2D eigenvalue weighted by Crippen LogP contribution is -2.39. The van der Waals surface area contributed by atoms with E-state index in [2.05, 4.69) is 0 Å². The molecule has 0 bridgehead atoms. The van der Waals surface area contributed by atoms with Gasteiger partial charge in [0.25, 0.3) is 5.56 Å². The van der Waals surface area contributed by atoms with Crippen LogP contribution in [0.1, 0.15) is 15.9 Å². The number of hydrogen-bond donors (Lipinski definition) is 1. The molecule has 0 saturated heterocycles. The predicted molar refractivity (Wildman–Crippen MR) is 108 cm³/mol. The van der Waals surface area contributed by atoms with Gasteiger partial charge in [-0.1, -0.05) is 24.3 Å². The second-order valence-corrected chi connectivity index (χ2v) is 6.56. The molecule has 0 aliphatic rings. The molecule has 1 aromatic heterocycles. The van der Waals surface area contributed by atoms with Gasteiger partial charge in [0.2, 0.25) is 5.91 Å². The first kappa shape index (κ1) is 18.4. The fourth-order valence-corrected chi connectivity index (χ4v) is 3.25. The summed E-state index contributed by atoms with van der Waals surface area (Å²) in [6.07, 6.45) is 0. The molecule has 6 nitrogen and oxygen atoms in total. The third-order valence-electron chi connectivity index (χ3n) is 4.71. The minimum Gasteiger partial charge on any atom is -0.366 e. The maximum atomic E-state index is 13.3. The van der Waals surface area contributed by atoms with E-state index in [0.717, 1.165) is 10.1 Å². The lowest BCUT2D eigenvalue weighted by molar-refractivity contribution is 0.100. The van der Waals surface area contributed by atoms with Gasteiger partial charge in [-0.2, -0.15) is 0 Å². The van der Waals surface area contributed by atoms with Crippen molar-refractivity contribution < 1.29 is 9.18 Å². The molecule has 1 amide bonds. The highest BCUT2D eigenvalue weighted by Gasteiger charge is 2.15. The first-order valence-electron chi connectivity index (χ1n) is 8.85. The Balaban J connectivity index is 1.93. The van der Waals surface area contributed by atoms with Crippen LogP contribution in [0.2, 0.25) is 0 Å². The molecule has 0 aliphatic carbocycles. The van der Waals surface area contributed by atoms with Gasteiger partial charge in [-0.15, -0.1) is 0 Å². The van der Waals surface area contributed by atoms with Crippen LogP contribution in [0.5, 0.6) is 0 Å². The second kappa shape index (κ2) is 7.20. The van der Waals surface area contributed by atoms with Gasteiger partial charge < -0.3 is 5.73 Å². The van der Waals surface area contributed by atoms with E-state index in [1.165, 1.54) is 28.8 Å². The molecule has 1 heterocycles. The minimum absolute atomic E-state index is 0.180. The number of amides is 1. The van der Waals surface area contributed by atoms with Crippen LogP contribution in [-0.4, -0.2) is 15.0 Å². The molecule has 0 unspecified atom stereocenters. The lowest BCUT2D eigenvalue weighted by Gasteiger charge is -2.14. The number of nitrogens with zero attached hydrogens (tertiary/aromatic N) is 2. The molecule has 2 N–H and O–H groups in total. The van der Waals surface area contributed by atoms with Gasteiger partial charge in [0.05, 0.1) is 23.1 Å². The fourth-order valence-electron chi connectivity index (χ4n) is 3.25. The number of fused-ring (bicyclic) bond motifs is 1. The van der Waals surface area contributed by atoms with E-state index >= 15 is 0 Å². The third kappa shape index (κ3) is 3.34. The van der Waals surface area contributed by atoms with Gasteiger partial charge in [0, 0.05) is 5.56 Å². The van der Waals surface area contributed by atoms with Crippen LogP contribution < -0.4 is 17.0 Å². The largest absolute Gasteiger partial charge is 0.366 e. The number of primary amides is 1. The monoisotopic (exact) mass is 389 g/mol. The van der Waals surface area contributed by atoms with Crippen molar-refractivity contribution in [3.63, 3.8) is 0 Å². The van der Waals surface area contributed by atoms with Crippen molar-refractivity contribution >= 4 is 16.8 Å². The van der Waals surface area contributed by atoms with Crippen molar-refractivity contribution in [2.45, 2.75) is 6.54 Å². The zero-order chi connectivity index (χ0) is 20.5. The van der Waals surface area contributed by atoms with E-state index in [0.29, 0.717) is 16.5 Å². The van der Waals surface area contributed by atoms with E-state index in [1.807, 2.05) is 0 Å². The van der Waals surface area contributed by atoms with Gasteiger partial charge in [-0.25, -0.2) is 13.8 Å². The molecular weight excluding hydrogens is 373 g/mol. The standard InChI is InChI=1S/C22H16FN3O3/c23-16-9-11-17(12-10-16)26-21(28)18-3-1-2-4-19(18)25(22(26)29)13-14-5-7-15(8-6-14)20(24)27/h1-12H,13H2,(H2,24,27). The van der Waals surface area contributed by atoms with Crippen LogP contribution in [0.3, 0.4) is 0 Å². The van der Waals surface area contributed by atoms with Crippen molar-refractivity contribution in [2.24, 2.45) is 5.73 Å². The molecule has 3 aromatic carbocycles. The molecule has 0 spiro atoms. The fraction of sp³-hybridized carbons (Fsp3) is 0.0455. The minimum atomic E-state index is -0.542. The van der Waals surface area contributed by atoms with Gasteiger partial charge in [-0.3, -0.25) is 14.2 Å². The summed E-state index contributed by atoms with van der Waals surface area (Å²) in [5, 5.41) is 0.366. The molecule has 0 saturated carbocycles. The third-order valence-corrected chi connectivity index (χ3v) is 4.71. The van der Waals surface area contributed by atoms with E-state index in [1.54, 1.807) is 48.5 Å². The Morgan fingerprint density at radius 3 is 2.21 bits per heavy atom. The van der Waals surface area contributed by atoms with Crippen LogP contribution in [0.25, 0.3) is 16.6 Å². The quantitative estimate of drug-likeness (QED) is 0.582. The Hall–Kier alpha value is -4.00. The summed E-state index contributed by atoms with van der Waals surface area (Å²) in [5.41, 5.74) is 6.14. The summed E-state index contributed by atoms with van der Waals surface area (Å²) < 4.78 is 15.8. The first-order chi connectivity index (χ1) is 14.0. The molecule has 0 fully saturated rings. The normalized spacial score (nSPS) is 10.9. The molecule has 4 aromatic rings. The smallest absolute Gasteiger partial charge is 0.336 e. The highest BCUT2D eigenvalue weighted by Crippen LogP contribution is 2.13. The van der Waals surface area contributed by atoms with Gasteiger partial charge in [0.15, 0.2) is 0 Å². The highest BCUT2D eigenvalue weighted by molar-refractivity contribution is 5.92. The molecule has 0 atom stereocenters. The summed E-state index contributed by atoms with van der Waals surface area (Å²) in [6, 6.07) is 18.6. The Morgan fingerprint density at radius 2 is 1.55 bits per heavy atom. The van der Waals surface area contributed by atoms with Crippen molar-refractivity contribution in [2.75, 3.05) is 0 Å². The number of aromatic nitrogens is 2. The van der Waals surface area contributed by atoms with Crippen LogP contribution in [-0.2, 0) is 6.54 Å². The van der Waals surface area contributed by atoms with E-state index in [4.69, 9.17) is 5.73 Å². The summed E-state index contributed by atoms with van der Waals surface area (Å²) in [5.74, 6) is -0.999. The number of hydrogen-bond acceptors (Lipinski definition) is 3. The number of carbonyl (C=O) groups excluding carboxylic acids is 1. The van der Waals surface area contributed by atoms with E-state index < -0.39 is 23.0 Å². The van der Waals surface area contributed by atoms with Gasteiger partial charge in [0.1, 0.15) is 5.82 Å². The van der Waals surface area contributed by atoms with Gasteiger partial charge in [-0.05, 0) is 54.1 Å². The number of nitrogens with two attached hydrogens (primary N) is 1. The molecule has 144 valence electrons. The molecule has 0 aliphatic heterocycles. The summed E-state index contributed by atoms with van der Waals surface area (Å²) in [6.45, 7) is 0.180. The Kier molecular flexibility index (Phi) is 4.56. The number of benzene rings is 3. The molecule has 29 heavy (non-hydrogen) atoms. The van der Waals surface area contributed by atoms with Crippen LogP contribution in [0.4, 0.5) is 4.39 Å². The van der Waals surface area contributed by atoms with Crippen molar-refractivity contribution in [3.8, 4) is 5.69 Å². The Bertz CT molecular complexity index is 1340. The molecule has 0 radical (unpaired) electrons. The Labute approximate surface area is 164 Å². The summed E-state index contributed by atoms with van der Waals surface area (Å²) in [7, 11) is 0. The van der Waals surface area contributed by atoms with Crippen LogP contribution in [0.15, 0.2) is 82.4 Å². The Morgan fingerprint density at radius 1 is 0.897 bits per heavy atom. The van der Waals surface area contributed by atoms with Gasteiger partial charge >= 0.3 is 5.69 Å². The molecule has 7 heteroatoms. The maximum Gasteiger partial charge on any atom is 0.336 e. The molecule has 4 rings (SSSR count). The SMILES string of the molecule is NC(=O)c1ccc(Cn2c(=O)n(-c3ccc(F)cc3)c(=O)c3ccccc32)cc1. The van der Waals surface area contributed by atoms with Crippen molar-refractivity contribution in [3.05, 3.63) is 111 Å². The topological polar surface area (TPSA) is 87.1 Å². The first-order valence-corrected chi connectivity index (χ1v) is 8.85. The average Bonchev–Trinajstić information content (AvgIpc) is 2.73. The zero-order valence-electron chi connectivity index (χ0n) is 15.2. The van der Waals surface area contributed by atoms with Crippen molar-refractivity contribution in [1.82, 2.24) is 9.13 Å². The zero-order valence-corrected chi connectivity index (χ0v) is 15.2. The maximum absolute atomic E-state index is 13.3. The van der Waals surface area contributed by atoms with E-state index in [-0.39, 0.29) is 12.2 Å². The highest BCUT2D eigenvalue weighted by atomic mass is 19.1. The number of halogens is 1. The lowest BCUT2D eigenvalue weighted by atomic mass is 10.1. The van der Waals surface area contributed by atoms with E-state index in [9.17, 15) is 18.8 Å². The second-order valence-electron chi connectivity index (χ2n) is 6.56. The number of para-hydroxylation sites is 1. The average molecular weight is 389 g/mol. The molecular formula is C22H16FN3O3. The number of carbonyl (C=O) groups is 1. The summed E-state index contributed by atoms with van der Waals surface area (Å²) in [4.78, 5) is 37.5.